The number of hydrogen-bond acceptors (Lipinski definition) is 5. The molecule has 0 bridgehead atoms. The van der Waals surface area contributed by atoms with Crippen LogP contribution in [-0.2, 0) is 0 Å². The Hall–Kier alpha value is -3.36. The van der Waals surface area contributed by atoms with E-state index in [0.717, 1.165) is 0 Å². The Kier molecular flexibility index (Phi) is 5.34. The van der Waals surface area contributed by atoms with Gasteiger partial charge < -0.3 is 18.9 Å². The van der Waals surface area contributed by atoms with Gasteiger partial charge in [-0.2, -0.15) is 5.10 Å². The molecule has 0 atom stereocenters. The molecule has 0 saturated heterocycles. The number of aromatic nitrogens is 2. The summed E-state index contributed by atoms with van der Waals surface area (Å²) in [5.41, 5.74) is 2.70. The molecule has 0 unspecified atom stereocenters. The van der Waals surface area contributed by atoms with Crippen LogP contribution in [0.25, 0.3) is 22.4 Å². The molecule has 0 saturated carbocycles. The Morgan fingerprint density at radius 3 is 1.96 bits per heavy atom. The van der Waals surface area contributed by atoms with Crippen LogP contribution in [0.1, 0.15) is 0 Å². The number of methoxy groups -OCH3 is 3. The van der Waals surface area contributed by atoms with E-state index in [1.54, 1.807) is 18.3 Å². The lowest BCUT2D eigenvalue weighted by Gasteiger charge is -2.14. The Bertz CT molecular complexity index is 928. The molecule has 0 radical (unpaired) electrons. The molecule has 6 nitrogen and oxygen atoms in total. The van der Waals surface area contributed by atoms with Crippen LogP contribution >= 0.6 is 0 Å². The van der Waals surface area contributed by atoms with Crippen molar-refractivity contribution in [2.75, 3.05) is 21.3 Å². The molecular weight excluding hydrogens is 377 g/mol. The van der Waals surface area contributed by atoms with Crippen molar-refractivity contribution in [1.29, 1.82) is 0 Å². The third-order valence-corrected chi connectivity index (χ3v) is 3.99. The van der Waals surface area contributed by atoms with Gasteiger partial charge in [-0.25, -0.2) is 0 Å². The minimum Gasteiger partial charge on any atom is -0.493 e. The SMILES string of the molecule is COc1cc(-c2[nH]ncc2-c2ccc(OC(F)(F)F)cc2)cc(OC)c1OC. The van der Waals surface area contributed by atoms with Crippen molar-refractivity contribution in [3.05, 3.63) is 42.6 Å². The minimum absolute atomic E-state index is 0.297. The molecule has 28 heavy (non-hydrogen) atoms. The molecule has 0 aliphatic carbocycles. The van der Waals surface area contributed by atoms with E-state index in [1.807, 2.05) is 0 Å². The number of benzene rings is 2. The van der Waals surface area contributed by atoms with E-state index in [2.05, 4.69) is 14.9 Å². The van der Waals surface area contributed by atoms with Gasteiger partial charge in [0.2, 0.25) is 5.75 Å². The Balaban J connectivity index is 2.01. The van der Waals surface area contributed by atoms with Crippen LogP contribution in [0.15, 0.2) is 42.6 Å². The highest BCUT2D eigenvalue weighted by atomic mass is 19.4. The number of hydrogen-bond donors (Lipinski definition) is 1. The van der Waals surface area contributed by atoms with Crippen LogP contribution in [0.3, 0.4) is 0 Å². The molecule has 0 fully saturated rings. The maximum absolute atomic E-state index is 12.3. The fraction of sp³-hybridized carbons (Fsp3) is 0.211. The summed E-state index contributed by atoms with van der Waals surface area (Å²) in [6, 6.07) is 9.03. The van der Waals surface area contributed by atoms with Gasteiger partial charge in [-0.3, -0.25) is 5.10 Å². The summed E-state index contributed by atoms with van der Waals surface area (Å²) >= 11 is 0. The molecule has 0 aliphatic rings. The van der Waals surface area contributed by atoms with Gasteiger partial charge in [0.15, 0.2) is 11.5 Å². The predicted octanol–water partition coefficient (Wildman–Crippen LogP) is 4.67. The van der Waals surface area contributed by atoms with E-state index in [1.165, 1.54) is 45.6 Å². The van der Waals surface area contributed by atoms with Crippen LogP contribution in [0.5, 0.6) is 23.0 Å². The zero-order valence-electron chi connectivity index (χ0n) is 15.3. The number of alkyl halides is 3. The number of rotatable bonds is 6. The first-order valence-corrected chi connectivity index (χ1v) is 8.06. The first kappa shape index (κ1) is 19.4. The van der Waals surface area contributed by atoms with Gasteiger partial charge in [-0.05, 0) is 29.8 Å². The Morgan fingerprint density at radius 2 is 1.46 bits per heavy atom. The van der Waals surface area contributed by atoms with Crippen molar-refractivity contribution < 1.29 is 32.1 Å². The maximum Gasteiger partial charge on any atom is 0.573 e. The summed E-state index contributed by atoms with van der Waals surface area (Å²) < 4.78 is 56.9. The molecule has 3 aromatic rings. The lowest BCUT2D eigenvalue weighted by molar-refractivity contribution is -0.274. The molecule has 1 aromatic heterocycles. The standard InChI is InChI=1S/C19H17F3N2O4/c1-25-15-8-12(9-16(26-2)18(15)27-3)17-14(10-23-24-17)11-4-6-13(7-5-11)28-19(20,21)22/h4-10H,1-3H3,(H,23,24). The summed E-state index contributed by atoms with van der Waals surface area (Å²) in [5.74, 6) is 1.08. The second-order valence-electron chi connectivity index (χ2n) is 5.64. The molecule has 1 heterocycles. The quantitative estimate of drug-likeness (QED) is 0.658. The first-order valence-electron chi connectivity index (χ1n) is 8.06. The Labute approximate surface area is 158 Å². The van der Waals surface area contributed by atoms with E-state index in [0.29, 0.717) is 39.6 Å². The molecule has 0 amide bonds. The summed E-state index contributed by atoms with van der Waals surface area (Å²) in [5, 5.41) is 6.96. The number of nitrogens with zero attached hydrogens (tertiary/aromatic N) is 1. The molecule has 3 rings (SSSR count). The summed E-state index contributed by atoms with van der Waals surface area (Å²) in [7, 11) is 4.52. The van der Waals surface area contributed by atoms with E-state index in [4.69, 9.17) is 14.2 Å². The second kappa shape index (κ2) is 7.71. The Morgan fingerprint density at radius 1 is 0.857 bits per heavy atom. The summed E-state index contributed by atoms with van der Waals surface area (Å²) in [6.07, 6.45) is -3.16. The number of ether oxygens (including phenoxy) is 4. The molecule has 0 aliphatic heterocycles. The number of H-pyrrole nitrogens is 1. The van der Waals surface area contributed by atoms with Gasteiger partial charge >= 0.3 is 6.36 Å². The van der Waals surface area contributed by atoms with Crippen molar-refractivity contribution in [3.63, 3.8) is 0 Å². The zero-order valence-corrected chi connectivity index (χ0v) is 15.3. The van der Waals surface area contributed by atoms with Crippen molar-refractivity contribution in [1.82, 2.24) is 10.2 Å². The highest BCUT2D eigenvalue weighted by Crippen LogP contribution is 2.42. The lowest BCUT2D eigenvalue weighted by atomic mass is 10.0. The van der Waals surface area contributed by atoms with E-state index >= 15 is 0 Å². The van der Waals surface area contributed by atoms with Crippen molar-refractivity contribution in [2.24, 2.45) is 0 Å². The fourth-order valence-corrected chi connectivity index (χ4v) is 2.79. The fourth-order valence-electron chi connectivity index (χ4n) is 2.79. The highest BCUT2D eigenvalue weighted by Gasteiger charge is 2.31. The van der Waals surface area contributed by atoms with Gasteiger partial charge in [0.25, 0.3) is 0 Å². The van der Waals surface area contributed by atoms with Crippen LogP contribution in [0.2, 0.25) is 0 Å². The average Bonchev–Trinajstić information content (AvgIpc) is 3.15. The van der Waals surface area contributed by atoms with Gasteiger partial charge in [0.05, 0.1) is 33.2 Å². The normalized spacial score (nSPS) is 11.2. The molecule has 0 spiro atoms. The van der Waals surface area contributed by atoms with E-state index < -0.39 is 6.36 Å². The monoisotopic (exact) mass is 394 g/mol. The van der Waals surface area contributed by atoms with Crippen LogP contribution in [-0.4, -0.2) is 37.9 Å². The van der Waals surface area contributed by atoms with Gasteiger partial charge in [-0.1, -0.05) is 12.1 Å². The highest BCUT2D eigenvalue weighted by molar-refractivity contribution is 5.82. The predicted molar refractivity (Wildman–Crippen MR) is 95.8 cm³/mol. The summed E-state index contributed by atoms with van der Waals surface area (Å²) in [6.45, 7) is 0. The maximum atomic E-state index is 12.3. The topological polar surface area (TPSA) is 65.6 Å². The zero-order chi connectivity index (χ0) is 20.3. The van der Waals surface area contributed by atoms with Crippen LogP contribution < -0.4 is 18.9 Å². The van der Waals surface area contributed by atoms with Crippen LogP contribution in [0.4, 0.5) is 13.2 Å². The van der Waals surface area contributed by atoms with Crippen molar-refractivity contribution >= 4 is 0 Å². The number of nitrogens with one attached hydrogen (secondary N) is 1. The number of aromatic amines is 1. The van der Waals surface area contributed by atoms with E-state index in [9.17, 15) is 13.2 Å². The molecule has 9 heteroatoms. The molecular formula is C19H17F3N2O4. The third-order valence-electron chi connectivity index (χ3n) is 3.99. The second-order valence-corrected chi connectivity index (χ2v) is 5.64. The third kappa shape index (κ3) is 3.98. The van der Waals surface area contributed by atoms with Crippen molar-refractivity contribution in [2.45, 2.75) is 6.36 Å². The molecule has 148 valence electrons. The smallest absolute Gasteiger partial charge is 0.493 e. The largest absolute Gasteiger partial charge is 0.573 e. The lowest BCUT2D eigenvalue weighted by Crippen LogP contribution is -2.16. The average molecular weight is 394 g/mol. The first-order chi connectivity index (χ1) is 13.4. The van der Waals surface area contributed by atoms with Gasteiger partial charge in [-0.15, -0.1) is 13.2 Å². The van der Waals surface area contributed by atoms with Gasteiger partial charge in [0, 0.05) is 11.1 Å². The summed E-state index contributed by atoms with van der Waals surface area (Å²) in [4.78, 5) is 0. The van der Waals surface area contributed by atoms with Crippen molar-refractivity contribution in [3.8, 4) is 45.4 Å². The number of halogens is 3. The van der Waals surface area contributed by atoms with Gasteiger partial charge in [0.1, 0.15) is 5.75 Å². The minimum atomic E-state index is -4.74. The molecule has 1 N–H and O–H groups in total. The van der Waals surface area contributed by atoms with Crippen LogP contribution in [0, 0.1) is 0 Å². The molecule has 2 aromatic carbocycles. The van der Waals surface area contributed by atoms with E-state index in [-0.39, 0.29) is 5.75 Å².